The van der Waals surface area contributed by atoms with Crippen LogP contribution in [-0.2, 0) is 7.05 Å². The molecule has 4 aromatic rings. The molecule has 1 amide bonds. The lowest BCUT2D eigenvalue weighted by Gasteiger charge is -2.10. The summed E-state index contributed by atoms with van der Waals surface area (Å²) in [4.78, 5) is 37.2. The Balaban J connectivity index is 1.47. The van der Waals surface area contributed by atoms with Crippen molar-refractivity contribution < 1.29 is 4.79 Å². The van der Waals surface area contributed by atoms with Gasteiger partial charge in [0.1, 0.15) is 29.4 Å². The van der Waals surface area contributed by atoms with Crippen molar-refractivity contribution in [3.8, 4) is 5.82 Å². The van der Waals surface area contributed by atoms with E-state index in [-0.39, 0.29) is 11.1 Å². The van der Waals surface area contributed by atoms with Gasteiger partial charge in [-0.1, -0.05) is 0 Å². The maximum absolute atomic E-state index is 12.4. The van der Waals surface area contributed by atoms with E-state index in [9.17, 15) is 9.59 Å². The highest BCUT2D eigenvalue weighted by atomic mass is 16.2. The molecule has 2 N–H and O–H groups in total. The Hall–Kier alpha value is -4.27. The normalized spacial score (nSPS) is 10.6. The third kappa shape index (κ3) is 3.95. The van der Waals surface area contributed by atoms with Crippen molar-refractivity contribution >= 4 is 23.1 Å². The van der Waals surface area contributed by atoms with Gasteiger partial charge in [-0.25, -0.2) is 15.0 Å². The number of aryl methyl sites for hydroxylation is 2. The molecule has 0 aliphatic carbocycles. The molecule has 0 aliphatic heterocycles. The Kier molecular flexibility index (Phi) is 5.08. The first-order valence-corrected chi connectivity index (χ1v) is 9.18. The summed E-state index contributed by atoms with van der Waals surface area (Å²) in [6.45, 7) is 1.90. The Labute approximate surface area is 172 Å². The number of imidazole rings is 1. The molecule has 3 heterocycles. The smallest absolute Gasteiger partial charge is 0.263 e. The van der Waals surface area contributed by atoms with Crippen molar-refractivity contribution in [2.24, 2.45) is 7.05 Å². The summed E-state index contributed by atoms with van der Waals surface area (Å²) in [7, 11) is 1.60. The lowest BCUT2D eigenvalue weighted by Crippen LogP contribution is -2.26. The molecule has 1 aromatic carbocycles. The Morgan fingerprint density at radius 2 is 1.77 bits per heavy atom. The molecule has 0 unspecified atom stereocenters. The van der Waals surface area contributed by atoms with E-state index < -0.39 is 5.91 Å². The van der Waals surface area contributed by atoms with Crippen molar-refractivity contribution in [2.45, 2.75) is 6.92 Å². The third-order valence-corrected chi connectivity index (χ3v) is 4.51. The molecule has 150 valence electrons. The number of amides is 1. The number of benzene rings is 1. The zero-order valence-electron chi connectivity index (χ0n) is 16.4. The maximum atomic E-state index is 12.4. The van der Waals surface area contributed by atoms with Crippen LogP contribution in [-0.4, -0.2) is 30.0 Å². The molecule has 0 radical (unpaired) electrons. The molecule has 0 saturated carbocycles. The minimum atomic E-state index is -0.451. The van der Waals surface area contributed by atoms with E-state index in [0.29, 0.717) is 17.3 Å². The number of carbonyl (C=O) groups excluding carboxylic acids is 1. The third-order valence-electron chi connectivity index (χ3n) is 4.51. The van der Waals surface area contributed by atoms with E-state index in [1.807, 2.05) is 35.9 Å². The molecule has 3 aromatic heterocycles. The van der Waals surface area contributed by atoms with E-state index in [0.717, 1.165) is 11.5 Å². The van der Waals surface area contributed by atoms with Gasteiger partial charge in [0.05, 0.1) is 0 Å². The van der Waals surface area contributed by atoms with Crippen LogP contribution in [0.4, 0.5) is 17.2 Å². The van der Waals surface area contributed by atoms with Crippen molar-refractivity contribution in [3.05, 3.63) is 89.1 Å². The number of nitrogens with zero attached hydrogens (tertiary/aromatic N) is 5. The summed E-state index contributed by atoms with van der Waals surface area (Å²) < 4.78 is 3.22. The standard InChI is InChI=1S/C21H19N7O2/c1-14-22-9-11-28(14)19-12-18(23-13-24-19)25-15-5-7-16(8-6-15)26-20(29)17-4-3-10-27(2)21(17)30/h3-13H,1-2H3,(H,26,29)(H,23,24,25). The van der Waals surface area contributed by atoms with Gasteiger partial charge in [-0.05, 0) is 43.3 Å². The second-order valence-corrected chi connectivity index (χ2v) is 6.60. The topological polar surface area (TPSA) is 107 Å². The summed E-state index contributed by atoms with van der Waals surface area (Å²) in [5, 5.41) is 5.94. The summed E-state index contributed by atoms with van der Waals surface area (Å²) in [5.41, 5.74) is 1.11. The lowest BCUT2D eigenvalue weighted by molar-refractivity contribution is 0.102. The van der Waals surface area contributed by atoms with E-state index in [4.69, 9.17) is 0 Å². The van der Waals surface area contributed by atoms with Gasteiger partial charge in [0.25, 0.3) is 11.5 Å². The average Bonchev–Trinajstić information content (AvgIpc) is 3.17. The van der Waals surface area contributed by atoms with Crippen molar-refractivity contribution in [2.75, 3.05) is 10.6 Å². The molecule has 0 aliphatic rings. The van der Waals surface area contributed by atoms with Crippen LogP contribution in [0.25, 0.3) is 5.82 Å². The van der Waals surface area contributed by atoms with Crippen molar-refractivity contribution in [3.63, 3.8) is 0 Å². The van der Waals surface area contributed by atoms with Crippen LogP contribution in [0, 0.1) is 6.92 Å². The summed E-state index contributed by atoms with van der Waals surface area (Å²) in [6, 6.07) is 12.1. The zero-order valence-corrected chi connectivity index (χ0v) is 16.4. The van der Waals surface area contributed by atoms with E-state index in [2.05, 4.69) is 25.6 Å². The number of hydrogen-bond acceptors (Lipinski definition) is 6. The molecule has 4 rings (SSSR count). The van der Waals surface area contributed by atoms with Gasteiger partial charge in [-0.2, -0.15) is 0 Å². The van der Waals surface area contributed by atoms with E-state index in [1.54, 1.807) is 37.6 Å². The summed E-state index contributed by atoms with van der Waals surface area (Å²) in [6.07, 6.45) is 6.63. The van der Waals surface area contributed by atoms with Crippen LogP contribution in [0.3, 0.4) is 0 Å². The first kappa shape index (κ1) is 19.1. The van der Waals surface area contributed by atoms with Crippen LogP contribution < -0.4 is 16.2 Å². The quantitative estimate of drug-likeness (QED) is 0.532. The Morgan fingerprint density at radius 1 is 1.00 bits per heavy atom. The van der Waals surface area contributed by atoms with Crippen LogP contribution in [0.15, 0.2) is 72.2 Å². The monoisotopic (exact) mass is 401 g/mol. The van der Waals surface area contributed by atoms with Gasteiger partial charge in [0.2, 0.25) is 0 Å². The zero-order chi connectivity index (χ0) is 21.1. The molecular weight excluding hydrogens is 382 g/mol. The second-order valence-electron chi connectivity index (χ2n) is 6.60. The Morgan fingerprint density at radius 3 is 2.50 bits per heavy atom. The predicted octanol–water partition coefficient (Wildman–Crippen LogP) is 2.67. The number of pyridine rings is 1. The minimum Gasteiger partial charge on any atom is -0.340 e. The van der Waals surface area contributed by atoms with Gasteiger partial charge in [0, 0.05) is 43.1 Å². The maximum Gasteiger partial charge on any atom is 0.263 e. The van der Waals surface area contributed by atoms with Gasteiger partial charge in [-0.15, -0.1) is 0 Å². The first-order valence-electron chi connectivity index (χ1n) is 9.18. The fourth-order valence-electron chi connectivity index (χ4n) is 2.92. The van der Waals surface area contributed by atoms with E-state index >= 15 is 0 Å². The number of nitrogens with one attached hydrogen (secondary N) is 2. The van der Waals surface area contributed by atoms with Crippen LogP contribution in [0.2, 0.25) is 0 Å². The highest BCUT2D eigenvalue weighted by molar-refractivity contribution is 6.04. The van der Waals surface area contributed by atoms with Gasteiger partial charge in [0.15, 0.2) is 0 Å². The van der Waals surface area contributed by atoms with Crippen molar-refractivity contribution in [1.82, 2.24) is 24.1 Å². The molecule has 0 fully saturated rings. The van der Waals surface area contributed by atoms with E-state index in [1.165, 1.54) is 17.0 Å². The number of anilines is 3. The molecule has 30 heavy (non-hydrogen) atoms. The van der Waals surface area contributed by atoms with Crippen LogP contribution in [0.1, 0.15) is 16.2 Å². The average molecular weight is 401 g/mol. The molecule has 0 spiro atoms. The molecule has 0 saturated heterocycles. The SMILES string of the molecule is Cc1nccn1-c1cc(Nc2ccc(NC(=O)c3cccn(C)c3=O)cc2)ncn1. The highest BCUT2D eigenvalue weighted by Crippen LogP contribution is 2.19. The molecular formula is C21H19N7O2. The predicted molar refractivity (Wildman–Crippen MR) is 113 cm³/mol. The second kappa shape index (κ2) is 8.00. The first-order chi connectivity index (χ1) is 14.5. The van der Waals surface area contributed by atoms with Crippen LogP contribution >= 0.6 is 0 Å². The fourth-order valence-corrected chi connectivity index (χ4v) is 2.92. The van der Waals surface area contributed by atoms with Gasteiger partial charge in [-0.3, -0.25) is 14.2 Å². The highest BCUT2D eigenvalue weighted by Gasteiger charge is 2.11. The number of rotatable bonds is 5. The lowest BCUT2D eigenvalue weighted by atomic mass is 10.2. The number of aromatic nitrogens is 5. The van der Waals surface area contributed by atoms with Gasteiger partial charge < -0.3 is 15.2 Å². The minimum absolute atomic E-state index is 0.0884. The number of carbonyl (C=O) groups is 1. The van der Waals surface area contributed by atoms with Gasteiger partial charge >= 0.3 is 0 Å². The summed E-state index contributed by atoms with van der Waals surface area (Å²) >= 11 is 0. The molecule has 0 atom stereocenters. The van der Waals surface area contributed by atoms with Crippen LogP contribution in [0.5, 0.6) is 0 Å². The molecule has 9 heteroatoms. The Bertz CT molecular complexity index is 1260. The number of hydrogen-bond donors (Lipinski definition) is 2. The molecule has 0 bridgehead atoms. The largest absolute Gasteiger partial charge is 0.340 e. The fraction of sp³-hybridized carbons (Fsp3) is 0.0952. The van der Waals surface area contributed by atoms with Crippen molar-refractivity contribution in [1.29, 1.82) is 0 Å². The molecule has 9 nitrogen and oxygen atoms in total. The summed E-state index contributed by atoms with van der Waals surface area (Å²) in [5.74, 6) is 1.70.